The summed E-state index contributed by atoms with van der Waals surface area (Å²) in [6.07, 6.45) is 5.54. The highest BCUT2D eigenvalue weighted by Gasteiger charge is 2.27. The summed E-state index contributed by atoms with van der Waals surface area (Å²) in [5, 5.41) is 0.149. The van der Waals surface area contributed by atoms with E-state index in [9.17, 15) is 4.79 Å². The number of ketones is 1. The number of aryl methyl sites for hydroxylation is 1. The van der Waals surface area contributed by atoms with Gasteiger partial charge in [-0.05, 0) is 43.1 Å². The Morgan fingerprint density at radius 1 is 1.28 bits per heavy atom. The zero-order chi connectivity index (χ0) is 12.4. The molecule has 0 aromatic heterocycles. The van der Waals surface area contributed by atoms with Crippen molar-refractivity contribution in [2.45, 2.75) is 37.4 Å². The summed E-state index contributed by atoms with van der Waals surface area (Å²) in [7, 11) is 0. The third-order valence-corrected chi connectivity index (χ3v) is 5.05. The minimum absolute atomic E-state index is 0.149. The Morgan fingerprint density at radius 3 is 3.06 bits per heavy atom. The standard InChI is InChI=1S/C15H18O2S/c16-14(13-8-1-2-10-18-13)12-7-3-5-11-6-4-9-17-15(11)12/h3,5,7,13H,1-2,4,6,8-10H2. The molecule has 0 radical (unpaired) electrons. The number of rotatable bonds is 2. The van der Waals surface area contributed by atoms with Gasteiger partial charge in [0, 0.05) is 0 Å². The summed E-state index contributed by atoms with van der Waals surface area (Å²) in [5.41, 5.74) is 2.01. The first-order valence-electron chi connectivity index (χ1n) is 6.77. The third-order valence-electron chi connectivity index (χ3n) is 3.67. The van der Waals surface area contributed by atoms with Gasteiger partial charge in [-0.2, -0.15) is 11.8 Å². The number of Topliss-reactive ketones (excluding diaryl/α,β-unsaturated/α-hetero) is 1. The monoisotopic (exact) mass is 262 g/mol. The molecule has 1 aromatic carbocycles. The van der Waals surface area contributed by atoms with Crippen molar-refractivity contribution in [3.63, 3.8) is 0 Å². The van der Waals surface area contributed by atoms with Crippen LogP contribution in [0, 0.1) is 0 Å². The second-order valence-corrected chi connectivity index (χ2v) is 6.28. The second kappa shape index (κ2) is 5.35. The van der Waals surface area contributed by atoms with E-state index in [4.69, 9.17) is 4.74 Å². The Labute approximate surface area is 112 Å². The van der Waals surface area contributed by atoms with Crippen molar-refractivity contribution in [2.24, 2.45) is 0 Å². The van der Waals surface area contributed by atoms with Crippen LogP contribution in [0.1, 0.15) is 41.6 Å². The van der Waals surface area contributed by atoms with E-state index in [1.807, 2.05) is 23.9 Å². The molecule has 1 unspecified atom stereocenters. The van der Waals surface area contributed by atoms with Gasteiger partial charge in [0.2, 0.25) is 0 Å². The minimum Gasteiger partial charge on any atom is -0.493 e. The normalized spacial score (nSPS) is 23.0. The highest BCUT2D eigenvalue weighted by molar-refractivity contribution is 8.00. The van der Waals surface area contributed by atoms with Crippen molar-refractivity contribution in [3.05, 3.63) is 29.3 Å². The quantitative estimate of drug-likeness (QED) is 0.763. The van der Waals surface area contributed by atoms with E-state index in [-0.39, 0.29) is 11.0 Å². The predicted molar refractivity (Wildman–Crippen MR) is 74.7 cm³/mol. The van der Waals surface area contributed by atoms with E-state index in [1.165, 1.54) is 18.4 Å². The molecule has 18 heavy (non-hydrogen) atoms. The number of carbonyl (C=O) groups excluding carboxylic acids is 1. The predicted octanol–water partition coefficient (Wildman–Crippen LogP) is 3.48. The molecular formula is C15H18O2S. The molecule has 2 nitrogen and oxygen atoms in total. The summed E-state index contributed by atoms with van der Waals surface area (Å²) in [6, 6.07) is 6.01. The zero-order valence-corrected chi connectivity index (χ0v) is 11.3. The van der Waals surface area contributed by atoms with E-state index >= 15 is 0 Å². The lowest BCUT2D eigenvalue weighted by Crippen LogP contribution is -2.23. The maximum absolute atomic E-state index is 12.6. The van der Waals surface area contributed by atoms with Gasteiger partial charge in [0.05, 0.1) is 17.4 Å². The van der Waals surface area contributed by atoms with Crippen molar-refractivity contribution in [3.8, 4) is 5.75 Å². The van der Waals surface area contributed by atoms with Crippen LogP contribution in [0.2, 0.25) is 0 Å². The van der Waals surface area contributed by atoms with Crippen LogP contribution in [0.5, 0.6) is 5.75 Å². The number of ether oxygens (including phenoxy) is 1. The maximum atomic E-state index is 12.6. The van der Waals surface area contributed by atoms with E-state index in [0.717, 1.165) is 42.9 Å². The molecule has 0 N–H and O–H groups in total. The number of para-hydroxylation sites is 1. The molecule has 0 saturated carbocycles. The molecule has 1 fully saturated rings. The van der Waals surface area contributed by atoms with Crippen LogP contribution in [0.4, 0.5) is 0 Å². The fourth-order valence-electron chi connectivity index (χ4n) is 2.70. The molecule has 2 aliphatic rings. The fourth-order valence-corrected chi connectivity index (χ4v) is 3.97. The van der Waals surface area contributed by atoms with Gasteiger partial charge in [0.15, 0.2) is 5.78 Å². The Bertz CT molecular complexity index is 450. The van der Waals surface area contributed by atoms with Crippen LogP contribution < -0.4 is 4.74 Å². The van der Waals surface area contributed by atoms with Gasteiger partial charge >= 0.3 is 0 Å². The lowest BCUT2D eigenvalue weighted by atomic mass is 9.97. The van der Waals surface area contributed by atoms with Crippen LogP contribution in [-0.4, -0.2) is 23.4 Å². The van der Waals surface area contributed by atoms with E-state index in [0.29, 0.717) is 0 Å². The van der Waals surface area contributed by atoms with Crippen molar-refractivity contribution >= 4 is 17.5 Å². The largest absolute Gasteiger partial charge is 0.493 e. The molecule has 3 rings (SSSR count). The average Bonchev–Trinajstić information content (AvgIpc) is 2.47. The minimum atomic E-state index is 0.149. The molecule has 3 heteroatoms. The SMILES string of the molecule is O=C(c1cccc2c1OCCC2)C1CCCCS1. The van der Waals surface area contributed by atoms with Gasteiger partial charge in [0.25, 0.3) is 0 Å². The first kappa shape index (κ1) is 12.1. The van der Waals surface area contributed by atoms with Gasteiger partial charge < -0.3 is 4.74 Å². The molecule has 2 heterocycles. The van der Waals surface area contributed by atoms with E-state index in [1.54, 1.807) is 0 Å². The number of hydrogen-bond donors (Lipinski definition) is 0. The molecule has 1 aromatic rings. The number of hydrogen-bond acceptors (Lipinski definition) is 3. The smallest absolute Gasteiger partial charge is 0.179 e. The first-order chi connectivity index (χ1) is 8.86. The molecule has 1 atom stereocenters. The topological polar surface area (TPSA) is 26.3 Å². The summed E-state index contributed by atoms with van der Waals surface area (Å²) >= 11 is 1.81. The van der Waals surface area contributed by atoms with Gasteiger partial charge in [-0.1, -0.05) is 18.6 Å². The summed E-state index contributed by atoms with van der Waals surface area (Å²) in [5.74, 6) is 2.25. The summed E-state index contributed by atoms with van der Waals surface area (Å²) in [4.78, 5) is 12.6. The Balaban J connectivity index is 1.89. The van der Waals surface area contributed by atoms with Crippen molar-refractivity contribution in [1.82, 2.24) is 0 Å². The van der Waals surface area contributed by atoms with Crippen molar-refractivity contribution < 1.29 is 9.53 Å². The highest BCUT2D eigenvalue weighted by atomic mass is 32.2. The molecule has 0 bridgehead atoms. The summed E-state index contributed by atoms with van der Waals surface area (Å²) < 4.78 is 5.74. The van der Waals surface area contributed by atoms with Crippen LogP contribution in [-0.2, 0) is 6.42 Å². The molecule has 0 amide bonds. The highest BCUT2D eigenvalue weighted by Crippen LogP contribution is 2.34. The molecule has 1 saturated heterocycles. The van der Waals surface area contributed by atoms with Crippen molar-refractivity contribution in [1.29, 1.82) is 0 Å². The molecular weight excluding hydrogens is 244 g/mol. The fraction of sp³-hybridized carbons (Fsp3) is 0.533. The number of carbonyl (C=O) groups is 1. The van der Waals surface area contributed by atoms with Crippen LogP contribution in [0.25, 0.3) is 0 Å². The summed E-state index contributed by atoms with van der Waals surface area (Å²) in [6.45, 7) is 0.745. The van der Waals surface area contributed by atoms with E-state index < -0.39 is 0 Å². The maximum Gasteiger partial charge on any atom is 0.179 e. The Morgan fingerprint density at radius 2 is 2.22 bits per heavy atom. The molecule has 96 valence electrons. The van der Waals surface area contributed by atoms with Gasteiger partial charge in [-0.3, -0.25) is 4.79 Å². The zero-order valence-electron chi connectivity index (χ0n) is 10.5. The van der Waals surface area contributed by atoms with Gasteiger partial charge in [-0.25, -0.2) is 0 Å². The lowest BCUT2D eigenvalue weighted by molar-refractivity contribution is 0.0980. The first-order valence-corrected chi connectivity index (χ1v) is 7.81. The van der Waals surface area contributed by atoms with Crippen LogP contribution in [0.3, 0.4) is 0 Å². The number of thioether (sulfide) groups is 1. The van der Waals surface area contributed by atoms with Gasteiger partial charge in [-0.15, -0.1) is 0 Å². The molecule has 0 aliphatic carbocycles. The molecule has 2 aliphatic heterocycles. The van der Waals surface area contributed by atoms with Crippen molar-refractivity contribution in [2.75, 3.05) is 12.4 Å². The Hall–Kier alpha value is -0.960. The number of fused-ring (bicyclic) bond motifs is 1. The lowest BCUT2D eigenvalue weighted by Gasteiger charge is -2.24. The van der Waals surface area contributed by atoms with Crippen LogP contribution in [0.15, 0.2) is 18.2 Å². The number of benzene rings is 1. The second-order valence-electron chi connectivity index (χ2n) is 4.97. The third kappa shape index (κ3) is 2.28. The Kier molecular flexibility index (Phi) is 3.59. The molecule has 0 spiro atoms. The average molecular weight is 262 g/mol. The van der Waals surface area contributed by atoms with Crippen LogP contribution >= 0.6 is 11.8 Å². The van der Waals surface area contributed by atoms with Gasteiger partial charge in [0.1, 0.15) is 5.75 Å². The van der Waals surface area contributed by atoms with E-state index in [2.05, 4.69) is 6.07 Å².